The minimum atomic E-state index is -1.92. The third-order valence-corrected chi connectivity index (χ3v) is 2.94. The van der Waals surface area contributed by atoms with Crippen LogP contribution in [0.2, 0.25) is 0 Å². The van der Waals surface area contributed by atoms with E-state index in [-0.39, 0.29) is 16.6 Å². The van der Waals surface area contributed by atoms with Crippen LogP contribution in [0.3, 0.4) is 0 Å². The third kappa shape index (κ3) is 2.13. The molecule has 0 unspecified atom stereocenters. The lowest BCUT2D eigenvalue weighted by molar-refractivity contribution is -0.382. The smallest absolute Gasteiger partial charge is 0.230 e. The molecule has 0 atom stereocenters. The maximum Gasteiger partial charge on any atom is 0.230 e. The zero-order chi connectivity index (χ0) is 14.2. The van der Waals surface area contributed by atoms with Gasteiger partial charge < -0.3 is 20.3 Å². The molecule has 0 saturated carbocycles. The standard InChI is InChI=1S/C12H12FN3O3/c1-2-16-5-7(12(18)19)11(17)6-3-8(13)9(15-14)4-10(6)16/h3-5,12,15,18-19H,2H2,1H3. The van der Waals surface area contributed by atoms with Gasteiger partial charge in [-0.15, -0.1) is 0 Å². The minimum absolute atomic E-state index is 0.0175. The van der Waals surface area contributed by atoms with Crippen molar-refractivity contribution in [3.8, 4) is 0 Å². The first-order valence-electron chi connectivity index (χ1n) is 5.62. The van der Waals surface area contributed by atoms with Crippen LogP contribution < -0.4 is 10.5 Å². The Morgan fingerprint density at radius 3 is 2.68 bits per heavy atom. The lowest BCUT2D eigenvalue weighted by Crippen LogP contribution is -2.55. The van der Waals surface area contributed by atoms with Crippen LogP contribution in [0.5, 0.6) is 0 Å². The van der Waals surface area contributed by atoms with Gasteiger partial charge in [0.1, 0.15) is 0 Å². The molecule has 3 N–H and O–H groups in total. The average molecular weight is 265 g/mol. The highest BCUT2D eigenvalue weighted by atomic mass is 19.1. The molecule has 19 heavy (non-hydrogen) atoms. The molecule has 0 aliphatic carbocycles. The summed E-state index contributed by atoms with van der Waals surface area (Å²) in [6.07, 6.45) is -0.623. The second kappa shape index (κ2) is 4.87. The van der Waals surface area contributed by atoms with Crippen molar-refractivity contribution in [2.45, 2.75) is 19.8 Å². The highest BCUT2D eigenvalue weighted by Gasteiger charge is 2.16. The highest BCUT2D eigenvalue weighted by Crippen LogP contribution is 2.20. The number of pyridine rings is 1. The number of halogens is 1. The van der Waals surface area contributed by atoms with Crippen molar-refractivity contribution in [2.24, 2.45) is 0 Å². The Morgan fingerprint density at radius 1 is 1.47 bits per heavy atom. The van der Waals surface area contributed by atoms with Crippen LogP contribution in [0.15, 0.2) is 23.1 Å². The Hall–Kier alpha value is -2.12. The Morgan fingerprint density at radius 2 is 2.16 bits per heavy atom. The lowest BCUT2D eigenvalue weighted by Gasteiger charge is -2.12. The van der Waals surface area contributed by atoms with Crippen LogP contribution in [0.4, 0.5) is 10.1 Å². The molecule has 7 heteroatoms. The van der Waals surface area contributed by atoms with E-state index in [1.54, 1.807) is 16.6 Å². The summed E-state index contributed by atoms with van der Waals surface area (Å²) in [6.45, 7) is 2.22. The number of hydrogen-bond donors (Lipinski definition) is 3. The summed E-state index contributed by atoms with van der Waals surface area (Å²) < 4.78 is 15.1. The summed E-state index contributed by atoms with van der Waals surface area (Å²) in [5.74, 6) is -0.806. The maximum absolute atomic E-state index is 13.6. The zero-order valence-corrected chi connectivity index (χ0v) is 10.1. The van der Waals surface area contributed by atoms with Crippen LogP contribution in [-0.4, -0.2) is 14.8 Å². The molecule has 0 saturated heterocycles. The topological polar surface area (TPSA) is 98.7 Å². The molecule has 1 aromatic heterocycles. The van der Waals surface area contributed by atoms with Gasteiger partial charge in [-0.1, -0.05) is 0 Å². The number of aryl methyl sites for hydroxylation is 1. The summed E-state index contributed by atoms with van der Waals surface area (Å²) in [5, 5.41) is 20.0. The number of aromatic nitrogens is 1. The molecule has 1 heterocycles. The number of aliphatic hydroxyl groups excluding tert-OH is 1. The molecule has 0 aliphatic rings. The van der Waals surface area contributed by atoms with Gasteiger partial charge in [0.25, 0.3) is 0 Å². The molecule has 0 amide bonds. The van der Waals surface area contributed by atoms with Gasteiger partial charge in [0, 0.05) is 24.2 Å². The van der Waals surface area contributed by atoms with Crippen molar-refractivity contribution >= 4 is 16.6 Å². The molecule has 0 spiro atoms. The van der Waals surface area contributed by atoms with E-state index in [9.17, 15) is 9.18 Å². The van der Waals surface area contributed by atoms with Crippen LogP contribution >= 0.6 is 0 Å². The quantitative estimate of drug-likeness (QED) is 0.533. The summed E-state index contributed by atoms with van der Waals surface area (Å²) in [4.78, 5) is 12.0. The maximum atomic E-state index is 13.6. The monoisotopic (exact) mass is 265 g/mol. The van der Waals surface area contributed by atoms with E-state index in [0.717, 1.165) is 6.07 Å². The first-order chi connectivity index (χ1) is 8.99. The van der Waals surface area contributed by atoms with Crippen LogP contribution in [-0.2, 0) is 6.54 Å². The third-order valence-electron chi connectivity index (χ3n) is 2.94. The normalized spacial score (nSPS) is 11.2. The Kier molecular flexibility index (Phi) is 3.41. The van der Waals surface area contributed by atoms with Gasteiger partial charge in [-0.2, -0.15) is 4.39 Å². The largest absolute Gasteiger partial charge is 0.502 e. The van der Waals surface area contributed by atoms with E-state index < -0.39 is 17.5 Å². The number of benzene rings is 1. The fourth-order valence-electron chi connectivity index (χ4n) is 1.96. The first kappa shape index (κ1) is 13.3. The molecule has 0 aliphatic heterocycles. The number of fused-ring (bicyclic) bond motifs is 1. The molecule has 1 aromatic carbocycles. The van der Waals surface area contributed by atoms with Gasteiger partial charge in [-0.05, 0) is 13.0 Å². The molecular weight excluding hydrogens is 253 g/mol. The fraction of sp³-hybridized carbons (Fsp3) is 0.250. The molecule has 0 bridgehead atoms. The second-order valence-corrected chi connectivity index (χ2v) is 4.03. The van der Waals surface area contributed by atoms with Crippen molar-refractivity contribution in [3.63, 3.8) is 0 Å². The number of rotatable bonds is 3. The second-order valence-electron chi connectivity index (χ2n) is 4.03. The van der Waals surface area contributed by atoms with E-state index >= 15 is 0 Å². The first-order valence-corrected chi connectivity index (χ1v) is 5.62. The van der Waals surface area contributed by atoms with Crippen molar-refractivity contribution in [1.29, 1.82) is 0 Å². The van der Waals surface area contributed by atoms with Crippen molar-refractivity contribution in [1.82, 2.24) is 4.57 Å². The van der Waals surface area contributed by atoms with E-state index in [2.05, 4.69) is 0 Å². The lowest BCUT2D eigenvalue weighted by atomic mass is 10.1. The molecular formula is C12H12FN3O3. The SMILES string of the molecule is CCn1cc(C(O)O)c(=O)c2cc(F)c([NH+]=[N-])cc21. The molecule has 2 aromatic rings. The van der Waals surface area contributed by atoms with E-state index in [1.165, 1.54) is 12.3 Å². The molecule has 0 radical (unpaired) electrons. The average Bonchev–Trinajstić information content (AvgIpc) is 2.38. The molecule has 2 rings (SSSR count). The van der Waals surface area contributed by atoms with Crippen LogP contribution in [0, 0.1) is 5.82 Å². The van der Waals surface area contributed by atoms with Crippen molar-refractivity contribution in [3.05, 3.63) is 45.5 Å². The van der Waals surface area contributed by atoms with Gasteiger partial charge in [0.15, 0.2) is 17.5 Å². The molecule has 0 fully saturated rings. The predicted octanol–water partition coefficient (Wildman–Crippen LogP) is -0.123. The summed E-state index contributed by atoms with van der Waals surface area (Å²) >= 11 is 0. The summed E-state index contributed by atoms with van der Waals surface area (Å²) in [5.41, 5.74) is 8.14. The summed E-state index contributed by atoms with van der Waals surface area (Å²) in [7, 11) is 0. The number of hydrogen-bond acceptors (Lipinski definition) is 3. The van der Waals surface area contributed by atoms with Crippen molar-refractivity contribution < 1.29 is 19.7 Å². The molecule has 100 valence electrons. The molecule has 6 nitrogen and oxygen atoms in total. The number of nitrogens with one attached hydrogen (secondary N) is 1. The summed E-state index contributed by atoms with van der Waals surface area (Å²) in [6, 6.07) is 2.23. The van der Waals surface area contributed by atoms with Crippen molar-refractivity contribution in [2.75, 3.05) is 0 Å². The predicted molar refractivity (Wildman–Crippen MR) is 65.0 cm³/mol. The van der Waals surface area contributed by atoms with Crippen LogP contribution in [0.1, 0.15) is 18.8 Å². The van der Waals surface area contributed by atoms with E-state index in [4.69, 9.17) is 15.7 Å². The zero-order valence-electron chi connectivity index (χ0n) is 10.1. The van der Waals surface area contributed by atoms with Gasteiger partial charge in [0.2, 0.25) is 5.69 Å². The van der Waals surface area contributed by atoms with Gasteiger partial charge in [-0.3, -0.25) is 9.91 Å². The highest BCUT2D eigenvalue weighted by molar-refractivity contribution is 5.82. The fourth-order valence-corrected chi connectivity index (χ4v) is 1.96. The minimum Gasteiger partial charge on any atom is -0.502 e. The Labute approximate surface area is 107 Å². The van der Waals surface area contributed by atoms with Gasteiger partial charge >= 0.3 is 0 Å². The Balaban J connectivity index is 2.94. The van der Waals surface area contributed by atoms with Gasteiger partial charge in [-0.25, -0.2) is 0 Å². The number of aliphatic hydroxyl groups is 2. The van der Waals surface area contributed by atoms with E-state index in [0.29, 0.717) is 12.1 Å². The van der Waals surface area contributed by atoms with Crippen LogP contribution in [0.25, 0.3) is 16.4 Å². The Bertz CT molecular complexity index is 709. The van der Waals surface area contributed by atoms with E-state index in [1.807, 2.05) is 0 Å². The van der Waals surface area contributed by atoms with Gasteiger partial charge in [0.05, 0.1) is 11.1 Å². The number of nitrogens with zero attached hydrogens (tertiary/aromatic N) is 2.